The summed E-state index contributed by atoms with van der Waals surface area (Å²) in [5.74, 6) is 0. The van der Waals surface area contributed by atoms with E-state index in [1.807, 2.05) is 7.11 Å². The molecule has 0 radical (unpaired) electrons. The quantitative estimate of drug-likeness (QED) is 0.885. The first kappa shape index (κ1) is 13.9. The Morgan fingerprint density at radius 3 is 3.00 bits per heavy atom. The molecule has 3 rings (SSSR count). The van der Waals surface area contributed by atoms with Gasteiger partial charge in [-0.25, -0.2) is 0 Å². The number of ether oxygens (including phenoxy) is 1. The molecule has 3 nitrogen and oxygen atoms in total. The van der Waals surface area contributed by atoms with Gasteiger partial charge in [-0.1, -0.05) is 26.0 Å². The fraction of sp³-hybridized carbons (Fsp3) is 0.647. The first-order chi connectivity index (χ1) is 9.61. The summed E-state index contributed by atoms with van der Waals surface area (Å²) in [5.41, 5.74) is 4.43. The molecule has 0 saturated heterocycles. The lowest BCUT2D eigenvalue weighted by molar-refractivity contribution is -0.0979. The van der Waals surface area contributed by atoms with Gasteiger partial charge in [0.2, 0.25) is 0 Å². The molecule has 0 bridgehead atoms. The number of hydrogen-bond donors (Lipinski definition) is 2. The highest BCUT2D eigenvalue weighted by Gasteiger charge is 2.48. The Morgan fingerprint density at radius 2 is 2.25 bits per heavy atom. The first-order valence-corrected chi connectivity index (χ1v) is 7.73. The summed E-state index contributed by atoms with van der Waals surface area (Å²) in [6.45, 7) is 6.65. The molecule has 1 aliphatic heterocycles. The predicted molar refractivity (Wildman–Crippen MR) is 83.1 cm³/mol. The number of benzene rings is 1. The van der Waals surface area contributed by atoms with E-state index in [4.69, 9.17) is 4.74 Å². The number of rotatable bonds is 4. The largest absolute Gasteiger partial charge is 0.385 e. The third-order valence-electron chi connectivity index (χ3n) is 5.12. The minimum Gasteiger partial charge on any atom is -0.385 e. The van der Waals surface area contributed by atoms with Crippen LogP contribution in [0.3, 0.4) is 0 Å². The molecule has 0 aromatic heterocycles. The second-order valence-electron chi connectivity index (χ2n) is 6.74. The van der Waals surface area contributed by atoms with Crippen LogP contribution in [-0.4, -0.2) is 25.8 Å². The standard InChI is InChI=1S/C17H26N2O/c1-17(2)15(10-16(17)20-3)19-11-12-6-7-14-13(9-12)5-4-8-18-14/h6-7,9,15-16,18-19H,4-5,8,10-11H2,1-3H3. The number of methoxy groups -OCH3 is 1. The van der Waals surface area contributed by atoms with Crippen LogP contribution >= 0.6 is 0 Å². The van der Waals surface area contributed by atoms with E-state index >= 15 is 0 Å². The Labute approximate surface area is 122 Å². The van der Waals surface area contributed by atoms with Crippen LogP contribution in [0.2, 0.25) is 0 Å². The van der Waals surface area contributed by atoms with Gasteiger partial charge >= 0.3 is 0 Å². The van der Waals surface area contributed by atoms with E-state index in [9.17, 15) is 0 Å². The van der Waals surface area contributed by atoms with Crippen LogP contribution < -0.4 is 10.6 Å². The van der Waals surface area contributed by atoms with Gasteiger partial charge in [-0.2, -0.15) is 0 Å². The average Bonchev–Trinajstić information content (AvgIpc) is 2.46. The topological polar surface area (TPSA) is 33.3 Å². The highest BCUT2D eigenvalue weighted by atomic mass is 16.5. The summed E-state index contributed by atoms with van der Waals surface area (Å²) in [6, 6.07) is 7.38. The molecule has 3 heteroatoms. The van der Waals surface area contributed by atoms with Crippen LogP contribution in [0.1, 0.15) is 37.8 Å². The Balaban J connectivity index is 1.59. The van der Waals surface area contributed by atoms with Gasteiger partial charge < -0.3 is 15.4 Å². The number of aryl methyl sites for hydroxylation is 1. The van der Waals surface area contributed by atoms with Gasteiger partial charge in [0, 0.05) is 37.3 Å². The van der Waals surface area contributed by atoms with Crippen molar-refractivity contribution in [2.24, 2.45) is 5.41 Å². The van der Waals surface area contributed by atoms with Crippen LogP contribution in [0, 0.1) is 5.41 Å². The van der Waals surface area contributed by atoms with E-state index < -0.39 is 0 Å². The molecule has 1 fully saturated rings. The maximum absolute atomic E-state index is 5.51. The van der Waals surface area contributed by atoms with E-state index in [0.717, 1.165) is 19.5 Å². The van der Waals surface area contributed by atoms with Crippen molar-refractivity contribution in [2.75, 3.05) is 19.0 Å². The van der Waals surface area contributed by atoms with Crippen molar-refractivity contribution in [3.63, 3.8) is 0 Å². The van der Waals surface area contributed by atoms with Crippen molar-refractivity contribution in [1.82, 2.24) is 5.32 Å². The molecule has 2 unspecified atom stereocenters. The average molecular weight is 274 g/mol. The molecule has 0 spiro atoms. The van der Waals surface area contributed by atoms with E-state index in [1.165, 1.54) is 29.7 Å². The second kappa shape index (κ2) is 5.38. The van der Waals surface area contributed by atoms with Crippen molar-refractivity contribution in [3.05, 3.63) is 29.3 Å². The molecule has 2 N–H and O–H groups in total. The van der Waals surface area contributed by atoms with Crippen molar-refractivity contribution in [2.45, 2.75) is 51.8 Å². The van der Waals surface area contributed by atoms with Crippen molar-refractivity contribution in [1.29, 1.82) is 0 Å². The third kappa shape index (κ3) is 2.45. The maximum Gasteiger partial charge on any atom is 0.0652 e. The molecule has 20 heavy (non-hydrogen) atoms. The van der Waals surface area contributed by atoms with Crippen LogP contribution in [0.15, 0.2) is 18.2 Å². The molecule has 0 amide bonds. The zero-order valence-electron chi connectivity index (χ0n) is 12.8. The number of fused-ring (bicyclic) bond motifs is 1. The van der Waals surface area contributed by atoms with Crippen molar-refractivity contribution < 1.29 is 4.74 Å². The summed E-state index contributed by atoms with van der Waals surface area (Å²) in [6.07, 6.45) is 3.97. The lowest BCUT2D eigenvalue weighted by Crippen LogP contribution is -2.60. The van der Waals surface area contributed by atoms with Crippen LogP contribution in [0.4, 0.5) is 5.69 Å². The molecule has 1 heterocycles. The molecule has 2 aliphatic rings. The summed E-state index contributed by atoms with van der Waals surface area (Å²) in [5, 5.41) is 7.16. The Kier molecular flexibility index (Phi) is 3.74. The van der Waals surface area contributed by atoms with Gasteiger partial charge in [-0.15, -0.1) is 0 Å². The Hall–Kier alpha value is -1.06. The van der Waals surface area contributed by atoms with Gasteiger partial charge in [0.25, 0.3) is 0 Å². The molecule has 1 aromatic carbocycles. The first-order valence-electron chi connectivity index (χ1n) is 7.73. The van der Waals surface area contributed by atoms with Gasteiger partial charge in [0.1, 0.15) is 0 Å². The molecule has 1 aromatic rings. The zero-order chi connectivity index (χ0) is 14.2. The Bertz CT molecular complexity index is 484. The molecular weight excluding hydrogens is 248 g/mol. The summed E-state index contributed by atoms with van der Waals surface area (Å²) < 4.78 is 5.51. The second-order valence-corrected chi connectivity index (χ2v) is 6.74. The zero-order valence-corrected chi connectivity index (χ0v) is 12.8. The molecule has 1 saturated carbocycles. The molecular formula is C17H26N2O. The summed E-state index contributed by atoms with van der Waals surface area (Å²) >= 11 is 0. The van der Waals surface area contributed by atoms with Crippen LogP contribution in [-0.2, 0) is 17.7 Å². The minimum atomic E-state index is 0.241. The minimum absolute atomic E-state index is 0.241. The van der Waals surface area contributed by atoms with Crippen molar-refractivity contribution in [3.8, 4) is 0 Å². The van der Waals surface area contributed by atoms with Gasteiger partial charge in [-0.3, -0.25) is 0 Å². The lowest BCUT2D eigenvalue weighted by Gasteiger charge is -2.51. The highest BCUT2D eigenvalue weighted by Crippen LogP contribution is 2.42. The van der Waals surface area contributed by atoms with E-state index in [2.05, 4.69) is 42.7 Å². The summed E-state index contributed by atoms with van der Waals surface area (Å²) in [4.78, 5) is 0. The van der Waals surface area contributed by atoms with Gasteiger partial charge in [0.05, 0.1) is 6.10 Å². The smallest absolute Gasteiger partial charge is 0.0652 e. The van der Waals surface area contributed by atoms with Crippen LogP contribution in [0.5, 0.6) is 0 Å². The van der Waals surface area contributed by atoms with Crippen molar-refractivity contribution >= 4 is 5.69 Å². The third-order valence-corrected chi connectivity index (χ3v) is 5.12. The summed E-state index contributed by atoms with van der Waals surface area (Å²) in [7, 11) is 1.82. The molecule has 1 aliphatic carbocycles. The maximum atomic E-state index is 5.51. The van der Waals surface area contributed by atoms with Gasteiger partial charge in [-0.05, 0) is 36.5 Å². The monoisotopic (exact) mass is 274 g/mol. The van der Waals surface area contributed by atoms with Gasteiger partial charge in [0.15, 0.2) is 0 Å². The van der Waals surface area contributed by atoms with E-state index in [0.29, 0.717) is 12.1 Å². The Morgan fingerprint density at radius 1 is 1.40 bits per heavy atom. The SMILES string of the molecule is COC1CC(NCc2ccc3c(c2)CCCN3)C1(C)C. The molecule has 110 valence electrons. The number of anilines is 1. The van der Waals surface area contributed by atoms with Crippen LogP contribution in [0.25, 0.3) is 0 Å². The van der Waals surface area contributed by atoms with E-state index in [1.54, 1.807) is 0 Å². The fourth-order valence-electron chi connectivity index (χ4n) is 3.51. The number of nitrogens with one attached hydrogen (secondary N) is 2. The normalized spacial score (nSPS) is 27.4. The number of hydrogen-bond acceptors (Lipinski definition) is 3. The predicted octanol–water partition coefficient (Wildman–Crippen LogP) is 2.95. The highest BCUT2D eigenvalue weighted by molar-refractivity contribution is 5.54. The van der Waals surface area contributed by atoms with E-state index in [-0.39, 0.29) is 5.41 Å². The fourth-order valence-corrected chi connectivity index (χ4v) is 3.51. The lowest BCUT2D eigenvalue weighted by atomic mass is 9.64. The molecule has 2 atom stereocenters.